The zero-order valence-electron chi connectivity index (χ0n) is 14.0. The number of hydrogen-bond donors (Lipinski definition) is 1. The van der Waals surface area contributed by atoms with Gasteiger partial charge >= 0.3 is 12.1 Å². The van der Waals surface area contributed by atoms with Crippen molar-refractivity contribution in [2.75, 3.05) is 19.0 Å². The van der Waals surface area contributed by atoms with Crippen molar-refractivity contribution in [2.45, 2.75) is 25.8 Å². The third-order valence-electron chi connectivity index (χ3n) is 3.14. The predicted molar refractivity (Wildman–Crippen MR) is 93.7 cm³/mol. The lowest BCUT2D eigenvalue weighted by Gasteiger charge is -2.06. The highest BCUT2D eigenvalue weighted by molar-refractivity contribution is 8.00. The number of thioether (sulfide) groups is 1. The van der Waals surface area contributed by atoms with E-state index in [2.05, 4.69) is 14.7 Å². The van der Waals surface area contributed by atoms with Crippen molar-refractivity contribution in [1.82, 2.24) is 15.3 Å². The molecule has 0 saturated carbocycles. The van der Waals surface area contributed by atoms with Gasteiger partial charge in [-0.2, -0.15) is 0 Å². The Bertz CT molecular complexity index is 806. The van der Waals surface area contributed by atoms with Crippen molar-refractivity contribution in [3.63, 3.8) is 0 Å². The number of ether oxygens (including phenoxy) is 2. The summed E-state index contributed by atoms with van der Waals surface area (Å²) >= 11 is 2.79. The molecule has 0 aliphatic rings. The van der Waals surface area contributed by atoms with Crippen LogP contribution < -0.4 is 5.32 Å². The number of rotatable bonds is 6. The lowest BCUT2D eigenvalue weighted by atomic mass is 10.2. The Morgan fingerprint density at radius 3 is 2.72 bits per heavy atom. The van der Waals surface area contributed by atoms with E-state index < -0.39 is 24.6 Å². The smallest absolute Gasteiger partial charge is 0.413 e. The number of amides is 2. The molecule has 134 valence electrons. The number of carbonyl (C=O) groups excluding carboxylic acids is 3. The minimum absolute atomic E-state index is 0.00681. The van der Waals surface area contributed by atoms with Crippen molar-refractivity contribution in [3.05, 3.63) is 16.8 Å². The van der Waals surface area contributed by atoms with Crippen LogP contribution in [0.5, 0.6) is 0 Å². The van der Waals surface area contributed by atoms with Crippen LogP contribution in [0.15, 0.2) is 11.4 Å². The van der Waals surface area contributed by atoms with Crippen molar-refractivity contribution < 1.29 is 23.9 Å². The van der Waals surface area contributed by atoms with Crippen LogP contribution in [0, 0.1) is 13.8 Å². The summed E-state index contributed by atoms with van der Waals surface area (Å²) in [6, 6.07) is 0. The fourth-order valence-electron chi connectivity index (χ4n) is 1.89. The maximum Gasteiger partial charge on any atom is 0.413 e. The Hall–Kier alpha value is -2.20. The average Bonchev–Trinajstić information content (AvgIpc) is 2.86. The van der Waals surface area contributed by atoms with Crippen LogP contribution in [-0.2, 0) is 19.1 Å². The molecule has 0 spiro atoms. The van der Waals surface area contributed by atoms with E-state index in [-0.39, 0.29) is 12.4 Å². The molecule has 25 heavy (non-hydrogen) atoms. The number of aromatic nitrogens is 2. The standard InChI is InChI=1S/C15H17N3O5S2/c1-4-22-15(21)18-10(19)5-23-11(20)6-24-13-12-8(2)9(3)25-14(12)17-7-16-13/h7H,4-6H2,1-3H3,(H,18,19,21). The lowest BCUT2D eigenvalue weighted by Crippen LogP contribution is -2.34. The molecule has 2 amide bonds. The van der Waals surface area contributed by atoms with Gasteiger partial charge in [0.25, 0.3) is 5.91 Å². The van der Waals surface area contributed by atoms with E-state index in [4.69, 9.17) is 4.74 Å². The monoisotopic (exact) mass is 383 g/mol. The molecular formula is C15H17N3O5S2. The van der Waals surface area contributed by atoms with Gasteiger partial charge in [0.1, 0.15) is 16.2 Å². The first-order valence-electron chi connectivity index (χ1n) is 7.38. The number of nitrogens with zero attached hydrogens (tertiary/aromatic N) is 2. The van der Waals surface area contributed by atoms with Gasteiger partial charge in [-0.25, -0.2) is 14.8 Å². The molecule has 2 aromatic heterocycles. The number of hydrogen-bond acceptors (Lipinski definition) is 9. The zero-order valence-corrected chi connectivity index (χ0v) is 15.6. The number of fused-ring (bicyclic) bond motifs is 1. The van der Waals surface area contributed by atoms with E-state index in [0.717, 1.165) is 20.7 Å². The number of carbonyl (C=O) groups is 3. The van der Waals surface area contributed by atoms with Gasteiger partial charge in [0.2, 0.25) is 0 Å². The van der Waals surface area contributed by atoms with Gasteiger partial charge < -0.3 is 9.47 Å². The SMILES string of the molecule is CCOC(=O)NC(=O)COC(=O)CSc1ncnc2sc(C)c(C)c12. The van der Waals surface area contributed by atoms with Crippen LogP contribution in [0.25, 0.3) is 10.2 Å². The molecular weight excluding hydrogens is 366 g/mol. The quantitative estimate of drug-likeness (QED) is 0.460. The van der Waals surface area contributed by atoms with Gasteiger partial charge in [-0.3, -0.25) is 14.9 Å². The fourth-order valence-corrected chi connectivity index (χ4v) is 3.81. The van der Waals surface area contributed by atoms with Crippen molar-refractivity contribution in [3.8, 4) is 0 Å². The summed E-state index contributed by atoms with van der Waals surface area (Å²) < 4.78 is 9.38. The largest absolute Gasteiger partial charge is 0.455 e. The minimum Gasteiger partial charge on any atom is -0.455 e. The maximum atomic E-state index is 11.8. The molecule has 0 fully saturated rings. The molecule has 0 aliphatic heterocycles. The molecule has 0 radical (unpaired) electrons. The molecule has 1 N–H and O–H groups in total. The summed E-state index contributed by atoms with van der Waals surface area (Å²) in [5, 5.41) is 3.57. The Labute approximate surface area is 152 Å². The molecule has 0 saturated heterocycles. The van der Waals surface area contributed by atoms with Crippen LogP contribution in [0.4, 0.5) is 4.79 Å². The lowest BCUT2D eigenvalue weighted by molar-refractivity contribution is -0.145. The summed E-state index contributed by atoms with van der Waals surface area (Å²) in [6.07, 6.45) is 0.586. The minimum atomic E-state index is -0.871. The Kier molecular flexibility index (Phi) is 6.71. The average molecular weight is 383 g/mol. The molecule has 2 heterocycles. The second-order valence-corrected chi connectivity index (χ2v) is 7.03. The molecule has 2 rings (SSSR count). The van der Waals surface area contributed by atoms with Gasteiger partial charge in [0, 0.05) is 10.3 Å². The molecule has 10 heteroatoms. The summed E-state index contributed by atoms with van der Waals surface area (Å²) in [4.78, 5) is 44.7. The van der Waals surface area contributed by atoms with Crippen molar-refractivity contribution >= 4 is 51.3 Å². The van der Waals surface area contributed by atoms with Crippen LogP contribution in [0.3, 0.4) is 0 Å². The van der Waals surface area contributed by atoms with E-state index in [1.165, 1.54) is 18.1 Å². The highest BCUT2D eigenvalue weighted by Crippen LogP contribution is 2.34. The zero-order chi connectivity index (χ0) is 18.4. The number of esters is 1. The molecule has 8 nitrogen and oxygen atoms in total. The van der Waals surface area contributed by atoms with Gasteiger partial charge in [-0.1, -0.05) is 11.8 Å². The van der Waals surface area contributed by atoms with Crippen LogP contribution >= 0.6 is 23.1 Å². The van der Waals surface area contributed by atoms with E-state index >= 15 is 0 Å². The van der Waals surface area contributed by atoms with E-state index in [1.807, 2.05) is 19.2 Å². The Morgan fingerprint density at radius 2 is 2.00 bits per heavy atom. The van der Waals surface area contributed by atoms with E-state index in [0.29, 0.717) is 5.03 Å². The second-order valence-electron chi connectivity index (χ2n) is 4.86. The van der Waals surface area contributed by atoms with E-state index in [1.54, 1.807) is 18.3 Å². The number of thiophene rings is 1. The van der Waals surface area contributed by atoms with Crippen LogP contribution in [0.2, 0.25) is 0 Å². The van der Waals surface area contributed by atoms with Gasteiger partial charge in [-0.15, -0.1) is 11.3 Å². The first-order chi connectivity index (χ1) is 11.9. The molecule has 0 bridgehead atoms. The molecule has 0 unspecified atom stereocenters. The molecule has 0 atom stereocenters. The number of nitrogens with one attached hydrogen (secondary N) is 1. The molecule has 0 aliphatic carbocycles. The molecule has 2 aromatic rings. The van der Waals surface area contributed by atoms with E-state index in [9.17, 15) is 14.4 Å². The van der Waals surface area contributed by atoms with Crippen LogP contribution in [0.1, 0.15) is 17.4 Å². The summed E-state index contributed by atoms with van der Waals surface area (Å²) in [5.41, 5.74) is 1.09. The fraction of sp³-hybridized carbons (Fsp3) is 0.400. The summed E-state index contributed by atoms with van der Waals surface area (Å²) in [5.74, 6) is -1.33. The first kappa shape index (κ1) is 19.1. The normalized spacial score (nSPS) is 10.5. The number of aryl methyl sites for hydroxylation is 2. The Balaban J connectivity index is 1.86. The van der Waals surface area contributed by atoms with Crippen LogP contribution in [-0.4, -0.2) is 46.9 Å². The third-order valence-corrected chi connectivity index (χ3v) is 5.22. The van der Waals surface area contributed by atoms with Crippen molar-refractivity contribution in [2.24, 2.45) is 0 Å². The highest BCUT2D eigenvalue weighted by Gasteiger charge is 2.15. The summed E-state index contributed by atoms with van der Waals surface area (Å²) in [7, 11) is 0. The highest BCUT2D eigenvalue weighted by atomic mass is 32.2. The maximum absolute atomic E-state index is 11.8. The predicted octanol–water partition coefficient (Wildman–Crippen LogP) is 2.22. The number of alkyl carbamates (subject to hydrolysis) is 1. The third kappa shape index (κ3) is 5.13. The topological polar surface area (TPSA) is 107 Å². The van der Waals surface area contributed by atoms with Crippen molar-refractivity contribution in [1.29, 1.82) is 0 Å². The molecule has 0 aromatic carbocycles. The second kappa shape index (κ2) is 8.77. The van der Waals surface area contributed by atoms with Gasteiger partial charge in [0.15, 0.2) is 6.61 Å². The number of imide groups is 1. The summed E-state index contributed by atoms with van der Waals surface area (Å²) in [6.45, 7) is 5.20. The first-order valence-corrected chi connectivity index (χ1v) is 9.18. The van der Waals surface area contributed by atoms with Gasteiger partial charge in [-0.05, 0) is 26.3 Å². The Morgan fingerprint density at radius 1 is 1.24 bits per heavy atom. The van der Waals surface area contributed by atoms with Gasteiger partial charge in [0.05, 0.1) is 12.4 Å².